The van der Waals surface area contributed by atoms with Crippen LogP contribution in [0.5, 0.6) is 0 Å². The van der Waals surface area contributed by atoms with Crippen molar-refractivity contribution in [3.63, 3.8) is 0 Å². The minimum absolute atomic E-state index is 0.466. The van der Waals surface area contributed by atoms with Crippen molar-refractivity contribution in [2.45, 2.75) is 31.5 Å². The van der Waals surface area contributed by atoms with Gasteiger partial charge in [-0.05, 0) is 19.1 Å². The largest absolute Gasteiger partial charge is 0.388 e. The second-order valence-corrected chi connectivity index (χ2v) is 5.75. The van der Waals surface area contributed by atoms with Gasteiger partial charge in [-0.2, -0.15) is 0 Å². The maximum atomic E-state index is 10.2. The van der Waals surface area contributed by atoms with Gasteiger partial charge in [-0.15, -0.1) is 0 Å². The molecule has 0 unspecified atom stereocenters. The highest BCUT2D eigenvalue weighted by molar-refractivity contribution is 5.85. The first-order valence-corrected chi connectivity index (χ1v) is 7.66. The predicted molar refractivity (Wildman–Crippen MR) is 86.6 cm³/mol. The lowest BCUT2D eigenvalue weighted by molar-refractivity contribution is -0.0299. The Labute approximate surface area is 137 Å². The van der Waals surface area contributed by atoms with E-state index in [1.165, 1.54) is 12.7 Å². The average Bonchev–Trinajstić information content (AvgIpc) is 3.13. The third kappa shape index (κ3) is 2.41. The molecule has 8 nitrogen and oxygen atoms in total. The topological polar surface area (TPSA) is 105 Å². The molecule has 0 bridgehead atoms. The molecule has 0 saturated carbocycles. The van der Waals surface area contributed by atoms with Gasteiger partial charge >= 0.3 is 0 Å². The molecule has 0 aliphatic carbocycles. The monoisotopic (exact) mass is 327 g/mol. The lowest BCUT2D eigenvalue weighted by Crippen LogP contribution is -2.30. The van der Waals surface area contributed by atoms with E-state index >= 15 is 0 Å². The summed E-state index contributed by atoms with van der Waals surface area (Å²) in [7, 11) is 0. The van der Waals surface area contributed by atoms with Gasteiger partial charge in [0, 0.05) is 5.69 Å². The zero-order chi connectivity index (χ0) is 16.7. The number of nitrogens with one attached hydrogen (secondary N) is 1. The quantitative estimate of drug-likeness (QED) is 0.664. The van der Waals surface area contributed by atoms with Gasteiger partial charge in [0.05, 0.1) is 12.4 Å². The average molecular weight is 327 g/mol. The van der Waals surface area contributed by atoms with Gasteiger partial charge in [-0.25, -0.2) is 15.0 Å². The van der Waals surface area contributed by atoms with Crippen LogP contribution in [0.1, 0.15) is 13.2 Å². The number of imidazole rings is 1. The fourth-order valence-corrected chi connectivity index (χ4v) is 2.85. The number of fused-ring (bicyclic) bond motifs is 1. The van der Waals surface area contributed by atoms with Crippen molar-refractivity contribution < 1.29 is 14.9 Å². The van der Waals surface area contributed by atoms with Crippen LogP contribution in [0.3, 0.4) is 0 Å². The Bertz CT molecular complexity index is 853. The molecule has 1 saturated heterocycles. The number of nitrogens with zero attached hydrogens (tertiary/aromatic N) is 4. The van der Waals surface area contributed by atoms with E-state index in [2.05, 4.69) is 20.3 Å². The Balaban J connectivity index is 1.72. The van der Waals surface area contributed by atoms with Crippen LogP contribution in [-0.4, -0.2) is 48.0 Å². The number of anilines is 2. The van der Waals surface area contributed by atoms with Crippen LogP contribution in [0.2, 0.25) is 0 Å². The predicted octanol–water partition coefficient (Wildman–Crippen LogP) is 1.21. The molecule has 1 fully saturated rings. The Kier molecular flexibility index (Phi) is 3.64. The Hall–Kier alpha value is -2.55. The first kappa shape index (κ1) is 15.0. The zero-order valence-electron chi connectivity index (χ0n) is 12.9. The summed E-state index contributed by atoms with van der Waals surface area (Å²) < 4.78 is 7.25. The van der Waals surface area contributed by atoms with E-state index in [0.717, 1.165) is 5.69 Å². The molecule has 0 amide bonds. The minimum atomic E-state index is -1.04. The third-order valence-electron chi connectivity index (χ3n) is 4.15. The highest BCUT2D eigenvalue weighted by Crippen LogP contribution is 2.32. The van der Waals surface area contributed by atoms with Crippen molar-refractivity contribution in [2.75, 3.05) is 5.32 Å². The number of benzene rings is 1. The van der Waals surface area contributed by atoms with E-state index in [9.17, 15) is 10.2 Å². The summed E-state index contributed by atoms with van der Waals surface area (Å²) in [5.74, 6) is 0.561. The highest BCUT2D eigenvalue weighted by atomic mass is 16.6. The molecule has 3 N–H and O–H groups in total. The summed E-state index contributed by atoms with van der Waals surface area (Å²) in [6.07, 6.45) is -0.235. The first-order chi connectivity index (χ1) is 11.6. The molecule has 4 atom stereocenters. The fourth-order valence-electron chi connectivity index (χ4n) is 2.85. The third-order valence-corrected chi connectivity index (χ3v) is 4.15. The molecule has 4 rings (SSSR count). The van der Waals surface area contributed by atoms with Crippen LogP contribution in [-0.2, 0) is 4.74 Å². The van der Waals surface area contributed by atoms with E-state index in [1.807, 2.05) is 30.3 Å². The van der Waals surface area contributed by atoms with Gasteiger partial charge in [0.1, 0.15) is 18.5 Å². The maximum absolute atomic E-state index is 10.2. The normalized spacial score (nSPS) is 26.8. The van der Waals surface area contributed by atoms with Crippen LogP contribution < -0.4 is 5.32 Å². The Morgan fingerprint density at radius 1 is 1.08 bits per heavy atom. The van der Waals surface area contributed by atoms with E-state index in [0.29, 0.717) is 17.0 Å². The molecule has 3 aromatic rings. The first-order valence-electron chi connectivity index (χ1n) is 7.66. The number of aromatic nitrogens is 4. The van der Waals surface area contributed by atoms with Crippen molar-refractivity contribution in [3.05, 3.63) is 43.0 Å². The second-order valence-electron chi connectivity index (χ2n) is 5.75. The van der Waals surface area contributed by atoms with Crippen molar-refractivity contribution in [2.24, 2.45) is 0 Å². The summed E-state index contributed by atoms with van der Waals surface area (Å²) in [6.45, 7) is 1.71. The summed E-state index contributed by atoms with van der Waals surface area (Å²) >= 11 is 0. The fraction of sp³-hybridized carbons (Fsp3) is 0.312. The standard InChI is InChI=1S/C16H17N5O3/c1-9-12(22)13(23)16(24-9)21-8-19-11-14(17-7-18-15(11)21)20-10-5-3-2-4-6-10/h2-9,12-13,16,22-23H,1H3,(H,17,18,20)/t9-,12-,13-,16-/m1/s1. The number of aliphatic hydroxyl groups excluding tert-OH is 2. The molecule has 1 aliphatic heterocycles. The molecular weight excluding hydrogens is 310 g/mol. The Morgan fingerprint density at radius 2 is 1.88 bits per heavy atom. The molecule has 1 aliphatic rings. The lowest BCUT2D eigenvalue weighted by atomic mass is 10.1. The van der Waals surface area contributed by atoms with Gasteiger partial charge in [0.25, 0.3) is 0 Å². The van der Waals surface area contributed by atoms with E-state index < -0.39 is 24.5 Å². The van der Waals surface area contributed by atoms with Crippen LogP contribution in [0.25, 0.3) is 11.2 Å². The number of ether oxygens (including phenoxy) is 1. The molecule has 124 valence electrons. The van der Waals surface area contributed by atoms with Gasteiger partial charge in [0.15, 0.2) is 23.2 Å². The summed E-state index contributed by atoms with van der Waals surface area (Å²) in [5, 5.41) is 23.3. The number of rotatable bonds is 3. The van der Waals surface area contributed by atoms with Crippen LogP contribution in [0.15, 0.2) is 43.0 Å². The van der Waals surface area contributed by atoms with Gasteiger partial charge in [0.2, 0.25) is 0 Å². The molecule has 1 aromatic carbocycles. The van der Waals surface area contributed by atoms with E-state index in [-0.39, 0.29) is 0 Å². The maximum Gasteiger partial charge on any atom is 0.167 e. The lowest BCUT2D eigenvalue weighted by Gasteiger charge is -2.16. The summed E-state index contributed by atoms with van der Waals surface area (Å²) in [4.78, 5) is 12.8. The SMILES string of the molecule is C[C@H]1O[C@@H](n2cnc3c(Nc4ccccc4)ncnc32)[C@H](O)[C@@H]1O. The molecule has 0 spiro atoms. The number of para-hydroxylation sites is 1. The second kappa shape index (κ2) is 5.82. The smallest absolute Gasteiger partial charge is 0.167 e. The van der Waals surface area contributed by atoms with Crippen LogP contribution in [0, 0.1) is 0 Å². The molecular formula is C16H17N5O3. The van der Waals surface area contributed by atoms with Crippen molar-refractivity contribution in [3.8, 4) is 0 Å². The number of hydrogen-bond acceptors (Lipinski definition) is 7. The van der Waals surface area contributed by atoms with Gasteiger partial charge in [-0.1, -0.05) is 18.2 Å². The molecule has 3 heterocycles. The van der Waals surface area contributed by atoms with Crippen molar-refractivity contribution in [1.82, 2.24) is 19.5 Å². The number of aliphatic hydroxyl groups is 2. The van der Waals surface area contributed by atoms with Crippen LogP contribution >= 0.6 is 0 Å². The molecule has 2 aromatic heterocycles. The zero-order valence-corrected chi connectivity index (χ0v) is 12.9. The molecule has 24 heavy (non-hydrogen) atoms. The molecule has 0 radical (unpaired) electrons. The van der Waals surface area contributed by atoms with Crippen molar-refractivity contribution in [1.29, 1.82) is 0 Å². The van der Waals surface area contributed by atoms with Crippen LogP contribution in [0.4, 0.5) is 11.5 Å². The van der Waals surface area contributed by atoms with Gasteiger partial charge < -0.3 is 20.3 Å². The van der Waals surface area contributed by atoms with E-state index in [1.54, 1.807) is 11.5 Å². The van der Waals surface area contributed by atoms with Gasteiger partial charge in [-0.3, -0.25) is 4.57 Å². The minimum Gasteiger partial charge on any atom is -0.388 e. The van der Waals surface area contributed by atoms with Crippen molar-refractivity contribution >= 4 is 22.7 Å². The summed E-state index contributed by atoms with van der Waals surface area (Å²) in [6, 6.07) is 9.62. The summed E-state index contributed by atoms with van der Waals surface area (Å²) in [5.41, 5.74) is 1.97. The van der Waals surface area contributed by atoms with E-state index in [4.69, 9.17) is 4.74 Å². The highest BCUT2D eigenvalue weighted by Gasteiger charge is 2.42. The number of hydrogen-bond donors (Lipinski definition) is 3. The Morgan fingerprint density at radius 3 is 2.58 bits per heavy atom. The molecule has 8 heteroatoms.